The molecule has 1 aliphatic carbocycles. The van der Waals surface area contributed by atoms with Gasteiger partial charge in [0.25, 0.3) is 0 Å². The number of hydrogen-bond acceptors (Lipinski definition) is 2. The SMILES string of the molecule is Cc1cccc2c1C(O)c1cccc(C)c1C2O. The van der Waals surface area contributed by atoms with Crippen molar-refractivity contribution in [1.82, 2.24) is 0 Å². The molecule has 0 aliphatic heterocycles. The molecule has 0 aromatic heterocycles. The largest absolute Gasteiger partial charge is 0.384 e. The Morgan fingerprint density at radius 1 is 0.722 bits per heavy atom. The Morgan fingerprint density at radius 3 is 1.50 bits per heavy atom. The fourth-order valence-electron chi connectivity index (χ4n) is 2.94. The Kier molecular flexibility index (Phi) is 2.51. The minimum atomic E-state index is -0.639. The van der Waals surface area contributed by atoms with E-state index in [-0.39, 0.29) is 0 Å². The van der Waals surface area contributed by atoms with Crippen LogP contribution in [-0.4, -0.2) is 10.2 Å². The van der Waals surface area contributed by atoms with Crippen LogP contribution in [0.1, 0.15) is 45.6 Å². The van der Waals surface area contributed by atoms with Crippen LogP contribution in [-0.2, 0) is 0 Å². The standard InChI is InChI=1S/C16H16O2/c1-9-5-3-7-11-13(9)15(17)12-8-4-6-10(2)14(12)16(11)18/h3-8,15-18H,1-2H3. The molecule has 0 amide bonds. The molecule has 0 fully saturated rings. The fourth-order valence-corrected chi connectivity index (χ4v) is 2.94. The number of benzene rings is 2. The summed E-state index contributed by atoms with van der Waals surface area (Å²) >= 11 is 0. The van der Waals surface area contributed by atoms with E-state index >= 15 is 0 Å². The molecule has 0 saturated heterocycles. The molecule has 2 aromatic carbocycles. The van der Waals surface area contributed by atoms with Crippen molar-refractivity contribution < 1.29 is 10.2 Å². The molecule has 2 heteroatoms. The van der Waals surface area contributed by atoms with Crippen LogP contribution in [0, 0.1) is 13.8 Å². The summed E-state index contributed by atoms with van der Waals surface area (Å²) in [5.41, 5.74) is 5.39. The lowest BCUT2D eigenvalue weighted by Gasteiger charge is -2.31. The summed E-state index contributed by atoms with van der Waals surface area (Å²) in [4.78, 5) is 0. The Morgan fingerprint density at radius 2 is 1.11 bits per heavy atom. The summed E-state index contributed by atoms with van der Waals surface area (Å²) in [5, 5.41) is 21.1. The number of fused-ring (bicyclic) bond motifs is 2. The van der Waals surface area contributed by atoms with Gasteiger partial charge in [0.05, 0.1) is 0 Å². The quantitative estimate of drug-likeness (QED) is 0.743. The Bertz CT molecular complexity index is 561. The van der Waals surface area contributed by atoms with Crippen molar-refractivity contribution in [2.24, 2.45) is 0 Å². The normalized spacial score (nSPS) is 21.3. The Labute approximate surface area is 107 Å². The Hall–Kier alpha value is -1.64. The van der Waals surface area contributed by atoms with Crippen molar-refractivity contribution in [3.05, 3.63) is 69.8 Å². The van der Waals surface area contributed by atoms with E-state index in [2.05, 4.69) is 0 Å². The molecule has 0 spiro atoms. The van der Waals surface area contributed by atoms with Crippen molar-refractivity contribution in [2.45, 2.75) is 26.1 Å². The highest BCUT2D eigenvalue weighted by atomic mass is 16.3. The third-order valence-corrected chi connectivity index (χ3v) is 3.85. The van der Waals surface area contributed by atoms with Gasteiger partial charge in [0.2, 0.25) is 0 Å². The minimum Gasteiger partial charge on any atom is -0.384 e. The van der Waals surface area contributed by atoms with Crippen LogP contribution in [0.4, 0.5) is 0 Å². The molecule has 2 aromatic rings. The monoisotopic (exact) mass is 240 g/mol. The summed E-state index contributed by atoms with van der Waals surface area (Å²) in [5.74, 6) is 0. The molecule has 2 nitrogen and oxygen atoms in total. The van der Waals surface area contributed by atoms with E-state index in [1.807, 2.05) is 50.2 Å². The van der Waals surface area contributed by atoms with Crippen LogP contribution < -0.4 is 0 Å². The molecule has 2 atom stereocenters. The molecule has 2 unspecified atom stereocenters. The van der Waals surface area contributed by atoms with Gasteiger partial charge in [-0.25, -0.2) is 0 Å². The molecule has 3 rings (SSSR count). The molecular weight excluding hydrogens is 224 g/mol. The molecule has 1 aliphatic rings. The van der Waals surface area contributed by atoms with Gasteiger partial charge in [0, 0.05) is 0 Å². The maximum absolute atomic E-state index is 10.5. The fraction of sp³-hybridized carbons (Fsp3) is 0.250. The van der Waals surface area contributed by atoms with Crippen molar-refractivity contribution in [2.75, 3.05) is 0 Å². The lowest BCUT2D eigenvalue weighted by molar-refractivity contribution is 0.172. The predicted octanol–water partition coefficient (Wildman–Crippen LogP) is 2.78. The van der Waals surface area contributed by atoms with Crippen LogP contribution in [0.3, 0.4) is 0 Å². The topological polar surface area (TPSA) is 40.5 Å². The zero-order valence-electron chi connectivity index (χ0n) is 10.5. The summed E-state index contributed by atoms with van der Waals surface area (Å²) in [6.07, 6.45) is -1.28. The van der Waals surface area contributed by atoms with E-state index in [1.54, 1.807) is 0 Å². The van der Waals surface area contributed by atoms with Crippen molar-refractivity contribution in [1.29, 1.82) is 0 Å². The van der Waals surface area contributed by atoms with Gasteiger partial charge in [-0.3, -0.25) is 0 Å². The second-order valence-corrected chi connectivity index (χ2v) is 4.96. The van der Waals surface area contributed by atoms with E-state index in [9.17, 15) is 10.2 Å². The minimum absolute atomic E-state index is 0.639. The van der Waals surface area contributed by atoms with Gasteiger partial charge in [-0.1, -0.05) is 36.4 Å². The zero-order valence-corrected chi connectivity index (χ0v) is 10.5. The maximum atomic E-state index is 10.5. The van der Waals surface area contributed by atoms with Crippen LogP contribution in [0.2, 0.25) is 0 Å². The number of hydrogen-bond donors (Lipinski definition) is 2. The number of rotatable bonds is 0. The first kappa shape index (κ1) is 11.5. The van der Waals surface area contributed by atoms with Crippen LogP contribution >= 0.6 is 0 Å². The summed E-state index contributed by atoms with van der Waals surface area (Å²) in [6.45, 7) is 3.94. The highest BCUT2D eigenvalue weighted by Crippen LogP contribution is 2.43. The summed E-state index contributed by atoms with van der Waals surface area (Å²) in [7, 11) is 0. The van der Waals surface area contributed by atoms with Gasteiger partial charge in [0.1, 0.15) is 12.2 Å². The molecule has 0 bridgehead atoms. The molecule has 92 valence electrons. The van der Waals surface area contributed by atoms with E-state index < -0.39 is 12.2 Å². The van der Waals surface area contributed by atoms with E-state index in [4.69, 9.17) is 0 Å². The third-order valence-electron chi connectivity index (χ3n) is 3.85. The van der Waals surface area contributed by atoms with Crippen LogP contribution in [0.5, 0.6) is 0 Å². The van der Waals surface area contributed by atoms with Gasteiger partial charge in [-0.2, -0.15) is 0 Å². The highest BCUT2D eigenvalue weighted by molar-refractivity contribution is 5.54. The van der Waals surface area contributed by atoms with E-state index in [0.29, 0.717) is 0 Å². The second-order valence-electron chi connectivity index (χ2n) is 4.96. The van der Waals surface area contributed by atoms with Crippen LogP contribution in [0.25, 0.3) is 0 Å². The molecule has 0 radical (unpaired) electrons. The number of aliphatic hydroxyl groups excluding tert-OH is 2. The molecule has 0 heterocycles. The molecule has 2 N–H and O–H groups in total. The smallest absolute Gasteiger partial charge is 0.105 e. The van der Waals surface area contributed by atoms with Gasteiger partial charge >= 0.3 is 0 Å². The average molecular weight is 240 g/mol. The van der Waals surface area contributed by atoms with Crippen molar-refractivity contribution >= 4 is 0 Å². The first-order chi connectivity index (χ1) is 8.61. The number of aryl methyl sites for hydroxylation is 2. The third kappa shape index (κ3) is 1.43. The number of aliphatic hydroxyl groups is 2. The zero-order chi connectivity index (χ0) is 12.9. The summed E-state index contributed by atoms with van der Waals surface area (Å²) in [6, 6.07) is 11.6. The van der Waals surface area contributed by atoms with Gasteiger partial charge < -0.3 is 10.2 Å². The maximum Gasteiger partial charge on any atom is 0.105 e. The molecule has 0 saturated carbocycles. The lowest BCUT2D eigenvalue weighted by atomic mass is 9.78. The first-order valence-corrected chi connectivity index (χ1v) is 6.16. The van der Waals surface area contributed by atoms with Gasteiger partial charge in [0.15, 0.2) is 0 Å². The summed E-state index contributed by atoms with van der Waals surface area (Å²) < 4.78 is 0. The van der Waals surface area contributed by atoms with E-state index in [0.717, 1.165) is 33.4 Å². The van der Waals surface area contributed by atoms with Gasteiger partial charge in [-0.05, 0) is 47.2 Å². The molecular formula is C16H16O2. The van der Waals surface area contributed by atoms with Crippen molar-refractivity contribution in [3.8, 4) is 0 Å². The second kappa shape index (κ2) is 3.94. The van der Waals surface area contributed by atoms with E-state index in [1.165, 1.54) is 0 Å². The Balaban J connectivity index is 2.32. The molecule has 18 heavy (non-hydrogen) atoms. The lowest BCUT2D eigenvalue weighted by Crippen LogP contribution is -2.20. The first-order valence-electron chi connectivity index (χ1n) is 6.16. The average Bonchev–Trinajstić information content (AvgIpc) is 2.35. The van der Waals surface area contributed by atoms with Gasteiger partial charge in [-0.15, -0.1) is 0 Å². The highest BCUT2D eigenvalue weighted by Gasteiger charge is 2.31. The predicted molar refractivity (Wildman–Crippen MR) is 70.5 cm³/mol. The van der Waals surface area contributed by atoms with Crippen molar-refractivity contribution in [3.63, 3.8) is 0 Å². The van der Waals surface area contributed by atoms with Crippen LogP contribution in [0.15, 0.2) is 36.4 Å².